The number of hydrogen-bond donors (Lipinski definition) is 2. The third kappa shape index (κ3) is 4.30. The highest BCUT2D eigenvalue weighted by Crippen LogP contribution is 2.34. The van der Waals surface area contributed by atoms with Gasteiger partial charge in [0.05, 0.1) is 0 Å². The molecule has 1 spiro atoms. The van der Waals surface area contributed by atoms with Crippen LogP contribution in [0.4, 0.5) is 0 Å². The van der Waals surface area contributed by atoms with Gasteiger partial charge in [-0.2, -0.15) is 0 Å². The van der Waals surface area contributed by atoms with Crippen LogP contribution in [0.15, 0.2) is 0 Å². The van der Waals surface area contributed by atoms with Crippen molar-refractivity contribution >= 4 is 24.2 Å². The molecule has 2 aliphatic heterocycles. The number of amides is 2. The largest absolute Gasteiger partial charge is 0.342 e. The van der Waals surface area contributed by atoms with Gasteiger partial charge in [-0.05, 0) is 44.7 Å². The van der Waals surface area contributed by atoms with E-state index in [1.165, 1.54) is 32.1 Å². The molecule has 2 heterocycles. The molecule has 0 unspecified atom stereocenters. The molecule has 1 aliphatic carbocycles. The predicted octanol–water partition coefficient (Wildman–Crippen LogP) is 2.63. The standard InChI is InChI=1S/C19H33N3O2.ClH/c1-2-3-13-22-17(23)16(14-15-7-5-4-6-8-15)21-18(24)19(22)9-11-20-12-10-19;/h15-16,20H,2-14H2,1H3,(H,21,24);1H/t16-;/m1./s1. The summed E-state index contributed by atoms with van der Waals surface area (Å²) < 4.78 is 0. The summed E-state index contributed by atoms with van der Waals surface area (Å²) in [5, 5.41) is 6.45. The Labute approximate surface area is 158 Å². The van der Waals surface area contributed by atoms with Gasteiger partial charge in [0.2, 0.25) is 11.8 Å². The Balaban J connectivity index is 0.00000225. The van der Waals surface area contributed by atoms with E-state index in [1.54, 1.807) is 0 Å². The van der Waals surface area contributed by atoms with Crippen LogP contribution in [-0.4, -0.2) is 47.9 Å². The number of nitrogens with one attached hydrogen (secondary N) is 2. The third-order valence-corrected chi connectivity index (χ3v) is 6.27. The van der Waals surface area contributed by atoms with Crippen molar-refractivity contribution in [2.24, 2.45) is 5.92 Å². The molecule has 6 heteroatoms. The van der Waals surface area contributed by atoms with Gasteiger partial charge in [0.1, 0.15) is 11.6 Å². The number of hydrogen-bond acceptors (Lipinski definition) is 3. The lowest BCUT2D eigenvalue weighted by atomic mass is 9.79. The van der Waals surface area contributed by atoms with E-state index in [4.69, 9.17) is 0 Å². The minimum absolute atomic E-state index is 0. The quantitative estimate of drug-likeness (QED) is 0.780. The number of unbranched alkanes of at least 4 members (excludes halogenated alkanes) is 1. The fraction of sp³-hybridized carbons (Fsp3) is 0.895. The lowest BCUT2D eigenvalue weighted by Crippen LogP contribution is -2.72. The minimum Gasteiger partial charge on any atom is -0.342 e. The SMILES string of the molecule is CCCCN1C(=O)[C@@H](CC2CCCCC2)NC(=O)C12CCNCC2.Cl. The first-order valence-corrected chi connectivity index (χ1v) is 10.0. The number of rotatable bonds is 5. The van der Waals surface area contributed by atoms with E-state index < -0.39 is 5.54 Å². The van der Waals surface area contributed by atoms with Gasteiger partial charge in [-0.25, -0.2) is 0 Å². The molecule has 2 saturated heterocycles. The molecule has 3 aliphatic rings. The molecule has 0 aromatic carbocycles. The van der Waals surface area contributed by atoms with Crippen molar-refractivity contribution in [2.75, 3.05) is 19.6 Å². The zero-order valence-corrected chi connectivity index (χ0v) is 16.3. The van der Waals surface area contributed by atoms with Crippen molar-refractivity contribution in [3.8, 4) is 0 Å². The van der Waals surface area contributed by atoms with E-state index in [9.17, 15) is 9.59 Å². The fourth-order valence-electron chi connectivity index (χ4n) is 4.77. The summed E-state index contributed by atoms with van der Waals surface area (Å²) in [6.45, 7) is 4.50. The predicted molar refractivity (Wildman–Crippen MR) is 102 cm³/mol. The van der Waals surface area contributed by atoms with Crippen molar-refractivity contribution in [3.63, 3.8) is 0 Å². The van der Waals surface area contributed by atoms with Gasteiger partial charge in [-0.1, -0.05) is 45.4 Å². The van der Waals surface area contributed by atoms with Crippen LogP contribution in [0.25, 0.3) is 0 Å². The van der Waals surface area contributed by atoms with Crippen LogP contribution in [-0.2, 0) is 9.59 Å². The summed E-state index contributed by atoms with van der Waals surface area (Å²) in [7, 11) is 0. The smallest absolute Gasteiger partial charge is 0.246 e. The summed E-state index contributed by atoms with van der Waals surface area (Å²) in [5.74, 6) is 0.874. The van der Waals surface area contributed by atoms with E-state index in [-0.39, 0.29) is 30.3 Å². The first-order valence-electron chi connectivity index (χ1n) is 10.0. The summed E-state index contributed by atoms with van der Waals surface area (Å²) in [5.41, 5.74) is -0.597. The fourth-order valence-corrected chi connectivity index (χ4v) is 4.77. The number of carbonyl (C=O) groups excluding carboxylic acids is 2. The third-order valence-electron chi connectivity index (χ3n) is 6.27. The van der Waals surface area contributed by atoms with Crippen LogP contribution in [0.2, 0.25) is 0 Å². The Morgan fingerprint density at radius 3 is 2.44 bits per heavy atom. The van der Waals surface area contributed by atoms with Gasteiger partial charge < -0.3 is 15.5 Å². The van der Waals surface area contributed by atoms with Crippen LogP contribution in [0.3, 0.4) is 0 Å². The molecule has 0 bridgehead atoms. The molecule has 144 valence electrons. The van der Waals surface area contributed by atoms with Gasteiger partial charge in [0.15, 0.2) is 0 Å². The van der Waals surface area contributed by atoms with Crippen molar-refractivity contribution in [1.29, 1.82) is 0 Å². The Morgan fingerprint density at radius 1 is 1.12 bits per heavy atom. The van der Waals surface area contributed by atoms with Crippen LogP contribution in [0, 0.1) is 5.92 Å². The first kappa shape index (κ1) is 20.5. The Bertz CT molecular complexity index is 460. The average Bonchev–Trinajstić information content (AvgIpc) is 2.62. The van der Waals surface area contributed by atoms with Crippen LogP contribution >= 0.6 is 12.4 Å². The van der Waals surface area contributed by atoms with Gasteiger partial charge in [0.25, 0.3) is 0 Å². The summed E-state index contributed by atoms with van der Waals surface area (Å²) >= 11 is 0. The zero-order chi connectivity index (χ0) is 17.0. The Morgan fingerprint density at radius 2 is 1.80 bits per heavy atom. The van der Waals surface area contributed by atoms with Crippen LogP contribution in [0.1, 0.15) is 71.1 Å². The monoisotopic (exact) mass is 371 g/mol. The van der Waals surface area contributed by atoms with E-state index >= 15 is 0 Å². The Hall–Kier alpha value is -0.810. The van der Waals surface area contributed by atoms with Gasteiger partial charge >= 0.3 is 0 Å². The van der Waals surface area contributed by atoms with Crippen molar-refractivity contribution in [2.45, 2.75) is 82.7 Å². The summed E-state index contributed by atoms with van der Waals surface area (Å²) in [4.78, 5) is 28.2. The molecule has 3 rings (SSSR count). The maximum absolute atomic E-state index is 13.2. The zero-order valence-electron chi connectivity index (χ0n) is 15.5. The van der Waals surface area contributed by atoms with E-state index in [2.05, 4.69) is 17.6 Å². The molecule has 2 amide bonds. The molecule has 2 N–H and O–H groups in total. The van der Waals surface area contributed by atoms with Crippen molar-refractivity contribution < 1.29 is 9.59 Å². The maximum Gasteiger partial charge on any atom is 0.246 e. The highest BCUT2D eigenvalue weighted by Gasteiger charge is 2.52. The molecule has 0 aromatic heterocycles. The molecule has 3 fully saturated rings. The van der Waals surface area contributed by atoms with E-state index in [0.29, 0.717) is 5.92 Å². The summed E-state index contributed by atoms with van der Waals surface area (Å²) in [6, 6.07) is -0.294. The van der Waals surface area contributed by atoms with Gasteiger partial charge in [-0.15, -0.1) is 12.4 Å². The maximum atomic E-state index is 13.2. The molecule has 0 radical (unpaired) electrons. The normalized spacial score (nSPS) is 27.1. The topological polar surface area (TPSA) is 61.4 Å². The molecule has 25 heavy (non-hydrogen) atoms. The molecule has 1 saturated carbocycles. The number of halogens is 1. The number of nitrogens with zero attached hydrogens (tertiary/aromatic N) is 1. The molecule has 1 atom stereocenters. The van der Waals surface area contributed by atoms with E-state index in [1.807, 2.05) is 4.90 Å². The highest BCUT2D eigenvalue weighted by atomic mass is 35.5. The second-order valence-electron chi connectivity index (χ2n) is 7.89. The molecular formula is C19H34ClN3O2. The summed E-state index contributed by atoms with van der Waals surface area (Å²) in [6.07, 6.45) is 10.6. The number of piperidine rings is 1. The van der Waals surface area contributed by atoms with Gasteiger partial charge in [0, 0.05) is 6.54 Å². The van der Waals surface area contributed by atoms with Crippen LogP contribution < -0.4 is 10.6 Å². The second-order valence-corrected chi connectivity index (χ2v) is 7.89. The molecule has 5 nitrogen and oxygen atoms in total. The van der Waals surface area contributed by atoms with Crippen LogP contribution in [0.5, 0.6) is 0 Å². The highest BCUT2D eigenvalue weighted by molar-refractivity contribution is 6.00. The Kier molecular flexibility index (Phi) is 7.56. The van der Waals surface area contributed by atoms with Crippen molar-refractivity contribution in [1.82, 2.24) is 15.5 Å². The van der Waals surface area contributed by atoms with E-state index in [0.717, 1.165) is 51.7 Å². The number of piperazine rings is 1. The second kappa shape index (κ2) is 9.22. The lowest BCUT2D eigenvalue weighted by Gasteiger charge is -2.50. The minimum atomic E-state index is -0.597. The van der Waals surface area contributed by atoms with Crippen molar-refractivity contribution in [3.05, 3.63) is 0 Å². The lowest BCUT2D eigenvalue weighted by molar-refractivity contribution is -0.160. The number of carbonyl (C=O) groups is 2. The molecular weight excluding hydrogens is 338 g/mol. The average molecular weight is 372 g/mol. The molecule has 0 aromatic rings. The first-order chi connectivity index (χ1) is 11.7. The van der Waals surface area contributed by atoms with Gasteiger partial charge in [-0.3, -0.25) is 9.59 Å².